The highest BCUT2D eigenvalue weighted by molar-refractivity contribution is 8.00. The number of hydrogen-bond acceptors (Lipinski definition) is 3. The van der Waals surface area contributed by atoms with Gasteiger partial charge in [-0.3, -0.25) is 9.59 Å². The van der Waals surface area contributed by atoms with Gasteiger partial charge in [0.25, 0.3) is 0 Å². The molecule has 3 aromatic carbocycles. The smallest absolute Gasteiger partial charge is 0.230 e. The monoisotopic (exact) mass is 430 g/mol. The van der Waals surface area contributed by atoms with Crippen LogP contribution in [0, 0.1) is 0 Å². The van der Waals surface area contributed by atoms with Gasteiger partial charge in [0.1, 0.15) is 0 Å². The SMILES string of the molecule is O=C(CSC(c1ccccc1)c1ccccc1)NCc1cccc(N2CCCC2=O)c1. The number of rotatable bonds is 8. The summed E-state index contributed by atoms with van der Waals surface area (Å²) in [5.41, 5.74) is 4.29. The van der Waals surface area contributed by atoms with E-state index < -0.39 is 0 Å². The predicted octanol–water partition coefficient (Wildman–Crippen LogP) is 4.95. The number of anilines is 1. The van der Waals surface area contributed by atoms with Gasteiger partial charge in [0.15, 0.2) is 0 Å². The standard InChI is InChI=1S/C26H26N2O2S/c29-24(27-18-20-9-7-14-23(17-20)28-16-8-15-25(28)30)19-31-26(21-10-3-1-4-11-21)22-12-5-2-6-13-22/h1-7,9-14,17,26H,8,15-16,18-19H2,(H,27,29). The molecular weight excluding hydrogens is 404 g/mol. The van der Waals surface area contributed by atoms with E-state index in [0.29, 0.717) is 18.7 Å². The first-order chi connectivity index (χ1) is 15.2. The van der Waals surface area contributed by atoms with Crippen LogP contribution < -0.4 is 10.2 Å². The fourth-order valence-corrected chi connectivity index (χ4v) is 4.93. The lowest BCUT2D eigenvalue weighted by Gasteiger charge is -2.18. The molecule has 0 atom stereocenters. The van der Waals surface area contributed by atoms with Crippen LogP contribution in [0.4, 0.5) is 5.69 Å². The Morgan fingerprint density at radius 1 is 0.935 bits per heavy atom. The van der Waals surface area contributed by atoms with Crippen molar-refractivity contribution < 1.29 is 9.59 Å². The second-order valence-corrected chi connectivity index (χ2v) is 8.70. The molecule has 1 aliphatic rings. The van der Waals surface area contributed by atoms with Gasteiger partial charge in [-0.1, -0.05) is 72.8 Å². The molecule has 0 aromatic heterocycles. The number of thioether (sulfide) groups is 1. The van der Waals surface area contributed by atoms with Gasteiger partial charge in [-0.2, -0.15) is 0 Å². The summed E-state index contributed by atoms with van der Waals surface area (Å²) in [5, 5.41) is 3.13. The minimum absolute atomic E-state index is 0.00418. The molecule has 0 radical (unpaired) electrons. The molecule has 5 heteroatoms. The molecule has 1 N–H and O–H groups in total. The molecule has 158 valence electrons. The van der Waals surface area contributed by atoms with E-state index >= 15 is 0 Å². The van der Waals surface area contributed by atoms with Crippen molar-refractivity contribution in [2.24, 2.45) is 0 Å². The molecule has 1 aliphatic heterocycles. The first-order valence-electron chi connectivity index (χ1n) is 10.6. The van der Waals surface area contributed by atoms with E-state index in [1.54, 1.807) is 11.8 Å². The lowest BCUT2D eigenvalue weighted by molar-refractivity contribution is -0.119. The molecule has 0 unspecified atom stereocenters. The summed E-state index contributed by atoms with van der Waals surface area (Å²) in [6.45, 7) is 1.22. The third-order valence-electron chi connectivity index (χ3n) is 5.37. The number of benzene rings is 3. The molecule has 4 rings (SSSR count). The Morgan fingerprint density at radius 2 is 1.61 bits per heavy atom. The molecule has 4 nitrogen and oxygen atoms in total. The van der Waals surface area contributed by atoms with E-state index in [4.69, 9.17) is 0 Å². The van der Waals surface area contributed by atoms with Crippen LogP contribution >= 0.6 is 11.8 Å². The number of hydrogen-bond donors (Lipinski definition) is 1. The largest absolute Gasteiger partial charge is 0.351 e. The first kappa shape index (κ1) is 21.2. The first-order valence-corrected chi connectivity index (χ1v) is 11.6. The van der Waals surface area contributed by atoms with Crippen LogP contribution in [0.3, 0.4) is 0 Å². The summed E-state index contributed by atoms with van der Waals surface area (Å²) >= 11 is 1.63. The molecule has 1 saturated heterocycles. The molecule has 31 heavy (non-hydrogen) atoms. The van der Waals surface area contributed by atoms with Crippen LogP contribution in [0.1, 0.15) is 34.8 Å². The highest BCUT2D eigenvalue weighted by atomic mass is 32.2. The molecule has 2 amide bonds. The van der Waals surface area contributed by atoms with E-state index in [-0.39, 0.29) is 17.1 Å². The summed E-state index contributed by atoms with van der Waals surface area (Å²) in [6, 6.07) is 28.4. The molecule has 0 spiro atoms. The zero-order valence-electron chi connectivity index (χ0n) is 17.4. The maximum Gasteiger partial charge on any atom is 0.230 e. The fraction of sp³-hybridized carbons (Fsp3) is 0.231. The number of nitrogens with zero attached hydrogens (tertiary/aromatic N) is 1. The Bertz CT molecular complexity index is 984. The Balaban J connectivity index is 1.35. The van der Waals surface area contributed by atoms with Gasteiger partial charge < -0.3 is 10.2 Å². The molecule has 0 bridgehead atoms. The second kappa shape index (κ2) is 10.3. The van der Waals surface area contributed by atoms with E-state index in [9.17, 15) is 9.59 Å². The zero-order valence-corrected chi connectivity index (χ0v) is 18.2. The maximum absolute atomic E-state index is 12.6. The number of carbonyl (C=O) groups excluding carboxylic acids is 2. The Hall–Kier alpha value is -3.05. The van der Waals surface area contributed by atoms with Crippen LogP contribution in [0.15, 0.2) is 84.9 Å². The topological polar surface area (TPSA) is 49.4 Å². The molecule has 1 fully saturated rings. The van der Waals surface area contributed by atoms with Gasteiger partial charge in [0.2, 0.25) is 11.8 Å². The quantitative estimate of drug-likeness (QED) is 0.550. The van der Waals surface area contributed by atoms with E-state index in [0.717, 1.165) is 24.2 Å². The van der Waals surface area contributed by atoms with Crippen molar-refractivity contribution >= 4 is 29.3 Å². The highest BCUT2D eigenvalue weighted by Gasteiger charge is 2.21. The molecule has 3 aromatic rings. The Kier molecular flexibility index (Phi) is 7.05. The summed E-state index contributed by atoms with van der Waals surface area (Å²) in [7, 11) is 0. The zero-order chi connectivity index (χ0) is 21.5. The van der Waals surface area contributed by atoms with Gasteiger partial charge in [0.05, 0.1) is 11.0 Å². The van der Waals surface area contributed by atoms with Crippen molar-refractivity contribution in [3.8, 4) is 0 Å². The van der Waals surface area contributed by atoms with Gasteiger partial charge in [-0.05, 0) is 35.2 Å². The third-order valence-corrected chi connectivity index (χ3v) is 6.68. The van der Waals surface area contributed by atoms with Crippen LogP contribution in [0.5, 0.6) is 0 Å². The lowest BCUT2D eigenvalue weighted by atomic mass is 10.0. The number of amides is 2. The van der Waals surface area contributed by atoms with Crippen LogP contribution in [0.25, 0.3) is 0 Å². The normalized spacial score (nSPS) is 13.6. The van der Waals surface area contributed by atoms with Gasteiger partial charge in [-0.25, -0.2) is 0 Å². The van der Waals surface area contributed by atoms with Crippen molar-refractivity contribution in [2.75, 3.05) is 17.2 Å². The van der Waals surface area contributed by atoms with Crippen molar-refractivity contribution in [1.82, 2.24) is 5.32 Å². The summed E-state index contributed by atoms with van der Waals surface area (Å²) < 4.78 is 0. The lowest BCUT2D eigenvalue weighted by Crippen LogP contribution is -2.26. The summed E-state index contributed by atoms with van der Waals surface area (Å²) in [4.78, 5) is 26.4. The minimum atomic E-state index is 0.00418. The predicted molar refractivity (Wildman–Crippen MR) is 127 cm³/mol. The van der Waals surface area contributed by atoms with Crippen molar-refractivity contribution in [1.29, 1.82) is 0 Å². The Labute approximate surface area is 187 Å². The summed E-state index contributed by atoms with van der Waals surface area (Å²) in [6.07, 6.45) is 1.52. The van der Waals surface area contributed by atoms with Gasteiger partial charge in [-0.15, -0.1) is 11.8 Å². The van der Waals surface area contributed by atoms with Crippen molar-refractivity contribution in [2.45, 2.75) is 24.6 Å². The van der Waals surface area contributed by atoms with Gasteiger partial charge >= 0.3 is 0 Å². The molecule has 0 aliphatic carbocycles. The Morgan fingerprint density at radius 3 is 2.23 bits per heavy atom. The van der Waals surface area contributed by atoms with Crippen molar-refractivity contribution in [3.63, 3.8) is 0 Å². The third kappa shape index (κ3) is 5.56. The maximum atomic E-state index is 12.6. The molecule has 0 saturated carbocycles. The molecule has 1 heterocycles. The van der Waals surface area contributed by atoms with Gasteiger partial charge in [0, 0.05) is 25.2 Å². The molecular formula is C26H26N2O2S. The number of carbonyl (C=O) groups is 2. The van der Waals surface area contributed by atoms with E-state index in [2.05, 4.69) is 29.6 Å². The second-order valence-electron chi connectivity index (χ2n) is 7.61. The highest BCUT2D eigenvalue weighted by Crippen LogP contribution is 2.35. The van der Waals surface area contributed by atoms with Crippen molar-refractivity contribution in [3.05, 3.63) is 102 Å². The van der Waals surface area contributed by atoms with Crippen LogP contribution in [0.2, 0.25) is 0 Å². The fourth-order valence-electron chi connectivity index (χ4n) is 3.81. The van der Waals surface area contributed by atoms with E-state index in [1.165, 1.54) is 11.1 Å². The average molecular weight is 431 g/mol. The van der Waals surface area contributed by atoms with Crippen LogP contribution in [-0.4, -0.2) is 24.1 Å². The van der Waals surface area contributed by atoms with Crippen LogP contribution in [-0.2, 0) is 16.1 Å². The number of nitrogens with one attached hydrogen (secondary N) is 1. The average Bonchev–Trinajstić information content (AvgIpc) is 3.25. The minimum Gasteiger partial charge on any atom is -0.351 e. The van der Waals surface area contributed by atoms with E-state index in [1.807, 2.05) is 65.6 Å². The summed E-state index contributed by atoms with van der Waals surface area (Å²) in [5.74, 6) is 0.550.